The Hall–Kier alpha value is -11.6. The monoisotopic (exact) mass is 1670 g/mol. The van der Waals surface area contributed by atoms with Crippen molar-refractivity contribution in [2.24, 2.45) is 11.6 Å². The summed E-state index contributed by atoms with van der Waals surface area (Å²) in [6.07, 6.45) is 7.67. The summed E-state index contributed by atoms with van der Waals surface area (Å²) in [5.74, 6) is 4.25. The summed E-state index contributed by atoms with van der Waals surface area (Å²) in [6, 6.07) is 69.9. The van der Waals surface area contributed by atoms with Crippen LogP contribution in [0.15, 0.2) is 212 Å². The molecule has 2 atom stereocenters. The Morgan fingerprint density at radius 2 is 0.902 bits per heavy atom. The van der Waals surface area contributed by atoms with Crippen LogP contribution in [0.3, 0.4) is 0 Å². The van der Waals surface area contributed by atoms with Gasteiger partial charge in [0.2, 0.25) is 0 Å². The molecule has 660 valence electrons. The van der Waals surface area contributed by atoms with Crippen molar-refractivity contribution in [3.05, 3.63) is 246 Å². The quantitative estimate of drug-likeness (QED) is 0.0179. The first-order chi connectivity index (χ1) is 59.0. The molecule has 7 N–H and O–H groups in total. The molecule has 0 amide bonds. The number of benzene rings is 7. The van der Waals surface area contributed by atoms with Crippen LogP contribution in [0.1, 0.15) is 229 Å². The predicted molar refractivity (Wildman–Crippen MR) is 507 cm³/mol. The maximum absolute atomic E-state index is 12.5. The molecule has 122 heavy (non-hydrogen) atoms. The molecule has 0 radical (unpaired) electrons. The van der Waals surface area contributed by atoms with E-state index < -0.39 is 23.2 Å². The molecule has 16 rings (SSSR count). The van der Waals surface area contributed by atoms with Crippen molar-refractivity contribution < 1.29 is 52.5 Å². The molecule has 0 saturated carbocycles. The third-order valence-electron chi connectivity index (χ3n) is 18.2. The van der Waals surface area contributed by atoms with Crippen LogP contribution in [-0.4, -0.2) is 100 Å². The van der Waals surface area contributed by atoms with Gasteiger partial charge in [-0.2, -0.15) is 0 Å². The summed E-state index contributed by atoms with van der Waals surface area (Å²) < 4.78 is 29.0. The summed E-state index contributed by atoms with van der Waals surface area (Å²) in [5.41, 5.74) is 21.2. The van der Waals surface area contributed by atoms with Crippen LogP contribution in [0, 0.1) is 0 Å². The number of carbonyl (C=O) groups excluding carboxylic acids is 7. The SMILES string of the molecule is CC.CC.CC.CC.CC.CC.CC.CC(C)(C)OC(=O)C1C(=O)CCc2cc3ccccc3n21.CCOC(=O)CCc1cc2ccccc2[nH]1.CCOC(=O)CCc1cc2ccccc2n1CC(=O)OC(C)(C)C.NC1CCc2cc3ccccc3n2C1.NNc1ccccc1.O=C1CCc2cc3ccccc3n2C1.O=Cc1cc2ccccc2[nH]1. The highest BCUT2D eigenvalue weighted by molar-refractivity contribution is 6.04. The number of anilines is 1. The summed E-state index contributed by atoms with van der Waals surface area (Å²) in [7, 11) is 0. The number of H-pyrrole nitrogens is 2. The molecule has 0 spiro atoms. The zero-order valence-electron chi connectivity index (χ0n) is 77.0. The highest BCUT2D eigenvalue weighted by atomic mass is 16.6. The standard InChI is InChI=1S/C19H25NO4.C17H19NO3.C13H15NO2.C12H14N2.C12H11NO.C9H7NO.C6H8N2.7C2H6/c1-5-23-17(21)11-10-15-12-14-8-6-7-9-16(14)20(15)13-18(22)24-19(2,3)4;1-17(2,3)21-16(20)15-14(19)9-8-12-10-11-6-4-5-7-13(11)18(12)15;1-2-16-13(15)8-7-11-9-10-5-3-4-6-12(10)14-11;13-10-5-6-11-7-9-3-1-2-4-12(9)14(11)8-10;14-11-6-5-10-7-9-3-1-2-4-12(9)13(10)8-11;11-6-8-5-7-3-1-2-4-9(7)10-8;7-8-6-4-2-1-3-5-6;7*1-2/h6-9,12H,5,10-11,13H2,1-4H3;4-7,10,15H,8-9H2,1-3H3;3-6,9,14H,2,7-8H2,1H3;1-4,7,10H,5-6,8,13H2;1-4,7H,5-6,8H2;1-6,10H;1-5,8H,7H2;7*1-2H3. The van der Waals surface area contributed by atoms with Gasteiger partial charge < -0.3 is 58.3 Å². The summed E-state index contributed by atoms with van der Waals surface area (Å²) in [4.78, 5) is 87.8. The molecule has 20 nitrogen and oxygen atoms in total. The number of carbonyl (C=O) groups is 7. The molecule has 3 aliphatic rings. The molecule has 3 aliphatic heterocycles. The van der Waals surface area contributed by atoms with Crippen molar-refractivity contribution >= 4 is 113 Å². The number of para-hydroxylation sites is 7. The molecule has 7 aromatic carbocycles. The second-order valence-corrected chi connectivity index (χ2v) is 28.7. The Kier molecular flexibility index (Phi) is 48.1. The van der Waals surface area contributed by atoms with E-state index in [0.717, 1.165) is 93.1 Å². The van der Waals surface area contributed by atoms with E-state index in [2.05, 4.69) is 91.3 Å². The van der Waals surface area contributed by atoms with Gasteiger partial charge in [-0.05, 0) is 206 Å². The number of nitrogens with two attached hydrogens (primary N) is 2. The number of hydrazine groups is 1. The van der Waals surface area contributed by atoms with Crippen molar-refractivity contribution in [3.63, 3.8) is 0 Å². The van der Waals surface area contributed by atoms with Gasteiger partial charge in [-0.1, -0.05) is 224 Å². The van der Waals surface area contributed by atoms with Crippen LogP contribution >= 0.6 is 0 Å². The van der Waals surface area contributed by atoms with Gasteiger partial charge in [0.15, 0.2) is 23.9 Å². The van der Waals surface area contributed by atoms with Gasteiger partial charge in [0.25, 0.3) is 0 Å². The Morgan fingerprint density at radius 3 is 1.40 bits per heavy atom. The first-order valence-corrected chi connectivity index (χ1v) is 44.0. The van der Waals surface area contributed by atoms with E-state index in [1.165, 1.54) is 38.6 Å². The van der Waals surface area contributed by atoms with Crippen molar-refractivity contribution in [2.75, 3.05) is 18.6 Å². The maximum Gasteiger partial charge on any atom is 0.337 e. The van der Waals surface area contributed by atoms with Crippen LogP contribution in [-0.2, 0) is 99.5 Å². The van der Waals surface area contributed by atoms with Crippen molar-refractivity contribution in [3.8, 4) is 0 Å². The van der Waals surface area contributed by atoms with Crippen molar-refractivity contribution in [1.82, 2.24) is 28.2 Å². The lowest BCUT2D eigenvalue weighted by atomic mass is 10.0. The number of aromatic nitrogens is 6. The fourth-order valence-corrected chi connectivity index (χ4v) is 13.4. The first-order valence-electron chi connectivity index (χ1n) is 44.0. The zero-order chi connectivity index (χ0) is 90.9. The van der Waals surface area contributed by atoms with Crippen LogP contribution < -0.4 is 17.0 Å². The average Bonchev–Trinajstić information content (AvgIpc) is 1.60. The minimum absolute atomic E-state index is 0.0712. The van der Waals surface area contributed by atoms with Gasteiger partial charge in [-0.15, -0.1) is 0 Å². The summed E-state index contributed by atoms with van der Waals surface area (Å²) in [6.45, 7) is 45.1. The highest BCUT2D eigenvalue weighted by Crippen LogP contribution is 2.33. The number of nitrogens with zero attached hydrogens (tertiary/aromatic N) is 4. The van der Waals surface area contributed by atoms with E-state index in [9.17, 15) is 33.6 Å². The Bertz CT molecular complexity index is 5170. The number of hydrogen-bond acceptors (Lipinski definition) is 14. The van der Waals surface area contributed by atoms with Gasteiger partial charge in [0.05, 0.1) is 38.3 Å². The molecule has 9 heterocycles. The van der Waals surface area contributed by atoms with Gasteiger partial charge in [0, 0.05) is 98.1 Å². The van der Waals surface area contributed by atoms with E-state index in [0.29, 0.717) is 82.2 Å². The summed E-state index contributed by atoms with van der Waals surface area (Å²) >= 11 is 0. The number of ketones is 2. The summed E-state index contributed by atoms with van der Waals surface area (Å²) in [5, 5.41) is 6.94. The minimum atomic E-state index is -0.854. The molecule has 0 saturated heterocycles. The smallest absolute Gasteiger partial charge is 0.337 e. The molecule has 0 bridgehead atoms. The Morgan fingerprint density at radius 1 is 0.467 bits per heavy atom. The molecular weight excluding hydrogens is 1530 g/mol. The number of aryl methyl sites for hydroxylation is 5. The normalized spacial score (nSPS) is 12.9. The van der Waals surface area contributed by atoms with E-state index in [-0.39, 0.29) is 30.2 Å². The molecular formula is C102H141N9O11. The van der Waals surface area contributed by atoms with E-state index in [4.69, 9.17) is 30.5 Å². The number of aldehydes is 1. The number of hydrogen-bond donors (Lipinski definition) is 5. The lowest BCUT2D eigenvalue weighted by Gasteiger charge is -2.28. The topological polar surface area (TPSA) is 272 Å². The number of Topliss-reactive ketones (excluding diaryl/α,β-unsaturated/α-hetero) is 2. The fourth-order valence-electron chi connectivity index (χ4n) is 13.4. The molecule has 20 heteroatoms. The van der Waals surface area contributed by atoms with Gasteiger partial charge in [0.1, 0.15) is 17.7 Å². The zero-order valence-corrected chi connectivity index (χ0v) is 77.0. The van der Waals surface area contributed by atoms with Gasteiger partial charge in [-0.25, -0.2) is 4.79 Å². The van der Waals surface area contributed by atoms with E-state index in [1.807, 2.05) is 300 Å². The minimum Gasteiger partial charge on any atom is -0.466 e. The number of esters is 4. The Labute approximate surface area is 725 Å². The van der Waals surface area contributed by atoms with E-state index in [1.54, 1.807) is 6.92 Å². The van der Waals surface area contributed by atoms with Crippen LogP contribution in [0.2, 0.25) is 0 Å². The number of nitrogens with one attached hydrogen (secondary N) is 3. The van der Waals surface area contributed by atoms with Crippen LogP contribution in [0.25, 0.3) is 65.4 Å². The lowest BCUT2D eigenvalue weighted by molar-refractivity contribution is -0.161. The number of fused-ring (bicyclic) bond motifs is 12. The number of ether oxygens (including phenoxy) is 4. The lowest BCUT2D eigenvalue weighted by Crippen LogP contribution is -2.37. The average molecular weight is 1670 g/mol. The molecule has 2 unspecified atom stereocenters. The van der Waals surface area contributed by atoms with Crippen LogP contribution in [0.4, 0.5) is 5.69 Å². The van der Waals surface area contributed by atoms with Gasteiger partial charge in [-0.3, -0.25) is 34.6 Å². The largest absolute Gasteiger partial charge is 0.466 e. The molecule has 0 fully saturated rings. The number of nitrogen functional groups attached to an aromatic ring is 1. The highest BCUT2D eigenvalue weighted by Gasteiger charge is 2.37. The Balaban J connectivity index is 0.000000365. The van der Waals surface area contributed by atoms with Crippen molar-refractivity contribution in [1.29, 1.82) is 0 Å². The first kappa shape index (κ1) is 105. The van der Waals surface area contributed by atoms with Crippen LogP contribution in [0.5, 0.6) is 0 Å². The number of rotatable bonds is 13. The fraction of sp³-hybridized carbons (Fsp3) is 0.402. The number of aromatic amines is 2. The van der Waals surface area contributed by atoms with Gasteiger partial charge >= 0.3 is 23.9 Å². The second kappa shape index (κ2) is 56.1. The molecule has 6 aromatic heterocycles. The maximum atomic E-state index is 12.5. The third kappa shape index (κ3) is 32.7. The third-order valence-corrected chi connectivity index (χ3v) is 18.2. The second-order valence-electron chi connectivity index (χ2n) is 28.7. The van der Waals surface area contributed by atoms with Crippen molar-refractivity contribution in [2.45, 2.75) is 259 Å². The molecule has 0 aliphatic carbocycles. The molecule has 13 aromatic rings. The predicted octanol–water partition coefficient (Wildman–Crippen LogP) is 23.4. The van der Waals surface area contributed by atoms with E-state index >= 15 is 0 Å².